The molecule has 2 aliphatic rings. The van der Waals surface area contributed by atoms with Crippen LogP contribution < -0.4 is 4.74 Å². The Morgan fingerprint density at radius 1 is 1.16 bits per heavy atom. The minimum atomic E-state index is -4.84. The van der Waals surface area contributed by atoms with E-state index in [1.165, 1.54) is 10.3 Å². The maximum Gasteiger partial charge on any atom is 0.417 e. The fraction of sp³-hybridized carbons (Fsp3) is 0.500. The Labute approximate surface area is 291 Å². The molecule has 2 unspecified atom stereocenters. The van der Waals surface area contributed by atoms with E-state index in [9.17, 15) is 41.9 Å². The number of aliphatic hydroxyl groups is 1. The number of ether oxygens (including phenoxy) is 1. The van der Waals surface area contributed by atoms with Gasteiger partial charge in [-0.2, -0.15) is 18.4 Å². The monoisotopic (exact) mass is 718 g/mol. The summed E-state index contributed by atoms with van der Waals surface area (Å²) >= 11 is 0.757. The Bertz CT molecular complexity index is 1700. The number of nitriles is 1. The summed E-state index contributed by atoms with van der Waals surface area (Å²) in [5, 5.41) is 21.3. The van der Waals surface area contributed by atoms with Gasteiger partial charge in [-0.1, -0.05) is 37.6 Å². The number of pyridine rings is 1. The molecule has 2 saturated heterocycles. The van der Waals surface area contributed by atoms with Crippen molar-refractivity contribution < 1.29 is 41.4 Å². The van der Waals surface area contributed by atoms with E-state index in [2.05, 4.69) is 11.1 Å². The molecule has 1 aromatic carbocycles. The van der Waals surface area contributed by atoms with E-state index in [4.69, 9.17) is 4.74 Å². The third kappa shape index (κ3) is 7.35. The molecule has 8 nitrogen and oxygen atoms in total. The van der Waals surface area contributed by atoms with E-state index in [1.807, 2.05) is 31.2 Å². The van der Waals surface area contributed by atoms with Gasteiger partial charge in [-0.25, -0.2) is 8.78 Å². The van der Waals surface area contributed by atoms with Crippen LogP contribution in [0.15, 0.2) is 54.2 Å². The highest BCUT2D eigenvalue weighted by molar-refractivity contribution is 7.10. The van der Waals surface area contributed by atoms with Gasteiger partial charge in [-0.3, -0.25) is 14.6 Å². The molecule has 50 heavy (non-hydrogen) atoms. The number of hydrogen-bond donors (Lipinski definition) is 1. The second-order valence-corrected chi connectivity index (χ2v) is 13.7. The zero-order chi connectivity index (χ0) is 36.1. The summed E-state index contributed by atoms with van der Waals surface area (Å²) in [5.41, 5.74) is -2.76. The summed E-state index contributed by atoms with van der Waals surface area (Å²) in [4.78, 5) is 35.2. The number of nitrogens with zero attached hydrogens (tertiary/aromatic N) is 4. The zero-order valence-electron chi connectivity index (χ0n) is 27.6. The molecule has 0 radical (unpaired) electrons. The van der Waals surface area contributed by atoms with Gasteiger partial charge in [0.15, 0.2) is 0 Å². The quantitative estimate of drug-likeness (QED) is 0.208. The number of aryl methyl sites for hydroxylation is 1. The van der Waals surface area contributed by atoms with Crippen molar-refractivity contribution in [3.8, 4) is 11.8 Å². The van der Waals surface area contributed by atoms with Crippen molar-refractivity contribution in [3.05, 3.63) is 81.3 Å². The van der Waals surface area contributed by atoms with Crippen molar-refractivity contribution in [2.75, 3.05) is 26.2 Å². The van der Waals surface area contributed by atoms with Gasteiger partial charge >= 0.3 is 6.18 Å². The van der Waals surface area contributed by atoms with Crippen molar-refractivity contribution in [2.24, 2.45) is 0 Å². The minimum Gasteiger partial charge on any atom is -0.474 e. The minimum absolute atomic E-state index is 0.00205. The number of halogens is 5. The third-order valence-corrected chi connectivity index (χ3v) is 10.7. The van der Waals surface area contributed by atoms with E-state index in [1.54, 1.807) is 4.90 Å². The Morgan fingerprint density at radius 2 is 1.90 bits per heavy atom. The first kappa shape index (κ1) is 37.2. The molecule has 14 heteroatoms. The standard InChI is InChI=1S/C36H39F5N4O4S/c1-2-7-30-35(49-25-20-29(31(37)38)50-22-25,12-6-16-45(30)32(47)26-21-43-15-11-28(26)36(39,40)41)33(48)44-17-13-34(23-42,14-18-44)27-10-4-3-8-24(27)9-5-19-46/h3-4,8,10-11,15,20-22,30-31,46H,2,5-7,9,12-14,16-19H2,1H3. The van der Waals surface area contributed by atoms with Crippen LogP contribution in [-0.2, 0) is 22.8 Å². The van der Waals surface area contributed by atoms with Crippen molar-refractivity contribution >= 4 is 23.2 Å². The summed E-state index contributed by atoms with van der Waals surface area (Å²) in [6, 6.07) is 10.9. The van der Waals surface area contributed by atoms with Crippen molar-refractivity contribution in [3.63, 3.8) is 0 Å². The van der Waals surface area contributed by atoms with E-state index in [-0.39, 0.29) is 69.0 Å². The number of aliphatic hydroxyl groups excluding tert-OH is 1. The number of amides is 2. The topological polar surface area (TPSA) is 107 Å². The Hall–Kier alpha value is -4.09. The average Bonchev–Trinajstić information content (AvgIpc) is 3.59. The predicted octanol–water partition coefficient (Wildman–Crippen LogP) is 7.33. The van der Waals surface area contributed by atoms with Crippen LogP contribution in [0.3, 0.4) is 0 Å². The molecule has 2 aliphatic heterocycles. The molecule has 2 fully saturated rings. The van der Waals surface area contributed by atoms with Gasteiger partial charge in [-0.15, -0.1) is 11.3 Å². The molecule has 4 heterocycles. The van der Waals surface area contributed by atoms with Gasteiger partial charge < -0.3 is 19.6 Å². The molecular weight excluding hydrogens is 679 g/mol. The summed E-state index contributed by atoms with van der Waals surface area (Å²) < 4.78 is 75.8. The van der Waals surface area contributed by atoms with Crippen LogP contribution in [0.1, 0.15) is 90.2 Å². The SMILES string of the molecule is CCCC1N(C(=O)c2cnccc2C(F)(F)F)CCCC1(Oc1csc(C(F)F)c1)C(=O)N1CCC(C#N)(c2ccccc2CCCO)CC1. The molecule has 0 spiro atoms. The van der Waals surface area contributed by atoms with Crippen LogP contribution in [0.4, 0.5) is 22.0 Å². The highest BCUT2D eigenvalue weighted by Crippen LogP contribution is 2.43. The van der Waals surface area contributed by atoms with Crippen LogP contribution >= 0.6 is 11.3 Å². The number of piperidine rings is 2. The normalized spacial score (nSPS) is 20.8. The smallest absolute Gasteiger partial charge is 0.417 e. The number of hydrogen-bond acceptors (Lipinski definition) is 7. The third-order valence-electron chi connectivity index (χ3n) is 9.77. The van der Waals surface area contributed by atoms with Crippen LogP contribution in [-0.4, -0.2) is 69.6 Å². The molecule has 1 N–H and O–H groups in total. The van der Waals surface area contributed by atoms with Crippen LogP contribution in [0.2, 0.25) is 0 Å². The van der Waals surface area contributed by atoms with Crippen LogP contribution in [0, 0.1) is 11.3 Å². The first-order valence-corrected chi connectivity index (χ1v) is 17.6. The molecule has 268 valence electrons. The van der Waals surface area contributed by atoms with Crippen LogP contribution in [0.5, 0.6) is 5.75 Å². The molecule has 3 aromatic rings. The summed E-state index contributed by atoms with van der Waals surface area (Å²) in [6.45, 7) is 2.14. The highest BCUT2D eigenvalue weighted by Gasteiger charge is 2.56. The van der Waals surface area contributed by atoms with Crippen LogP contribution in [0.25, 0.3) is 0 Å². The summed E-state index contributed by atoms with van der Waals surface area (Å²) in [7, 11) is 0. The van der Waals surface area contributed by atoms with Gasteiger partial charge in [0, 0.05) is 50.4 Å². The number of rotatable bonds is 11. The predicted molar refractivity (Wildman–Crippen MR) is 176 cm³/mol. The molecule has 5 rings (SSSR count). The lowest BCUT2D eigenvalue weighted by Crippen LogP contribution is -2.68. The lowest BCUT2D eigenvalue weighted by atomic mass is 9.71. The maximum absolute atomic E-state index is 14.9. The Balaban J connectivity index is 1.52. The maximum atomic E-state index is 14.9. The van der Waals surface area contributed by atoms with E-state index in [0.717, 1.165) is 47.0 Å². The second kappa shape index (κ2) is 15.4. The van der Waals surface area contributed by atoms with Crippen molar-refractivity contribution in [2.45, 2.75) is 87.9 Å². The largest absolute Gasteiger partial charge is 0.474 e. The lowest BCUT2D eigenvalue weighted by Gasteiger charge is -2.51. The number of thiophene rings is 1. The molecule has 2 aromatic heterocycles. The van der Waals surface area contributed by atoms with Gasteiger partial charge in [0.1, 0.15) is 5.75 Å². The number of carbonyl (C=O) groups is 2. The van der Waals surface area contributed by atoms with Gasteiger partial charge in [0.2, 0.25) is 5.60 Å². The number of benzene rings is 1. The molecule has 2 amide bonds. The molecule has 0 aliphatic carbocycles. The molecule has 0 bridgehead atoms. The molecule has 2 atom stereocenters. The fourth-order valence-electron chi connectivity index (χ4n) is 7.36. The first-order chi connectivity index (χ1) is 23.9. The number of alkyl halides is 5. The first-order valence-electron chi connectivity index (χ1n) is 16.7. The van der Waals surface area contributed by atoms with Gasteiger partial charge in [-0.05, 0) is 61.8 Å². The van der Waals surface area contributed by atoms with E-state index >= 15 is 0 Å². The second-order valence-electron chi connectivity index (χ2n) is 12.8. The van der Waals surface area contributed by atoms with Crippen molar-refractivity contribution in [1.82, 2.24) is 14.8 Å². The fourth-order valence-corrected chi connectivity index (χ4v) is 8.01. The number of likely N-dealkylation sites (tertiary alicyclic amines) is 2. The average molecular weight is 719 g/mol. The number of carbonyl (C=O) groups excluding carboxylic acids is 2. The summed E-state index contributed by atoms with van der Waals surface area (Å²) in [6.07, 6.45) is -3.25. The molecular formula is C36H39F5N4O4S. The van der Waals surface area contributed by atoms with Gasteiger partial charge in [0.25, 0.3) is 18.2 Å². The Kier molecular flexibility index (Phi) is 11.5. The van der Waals surface area contributed by atoms with Crippen molar-refractivity contribution in [1.29, 1.82) is 5.26 Å². The molecule has 0 saturated carbocycles. The van der Waals surface area contributed by atoms with E-state index in [0.29, 0.717) is 19.3 Å². The lowest BCUT2D eigenvalue weighted by molar-refractivity contribution is -0.160. The highest BCUT2D eigenvalue weighted by atomic mass is 32.1. The number of aromatic nitrogens is 1. The van der Waals surface area contributed by atoms with Gasteiger partial charge in [0.05, 0.1) is 33.5 Å². The summed E-state index contributed by atoms with van der Waals surface area (Å²) in [5.74, 6) is -1.46. The van der Waals surface area contributed by atoms with E-state index < -0.39 is 52.6 Å². The zero-order valence-corrected chi connectivity index (χ0v) is 28.4. The Morgan fingerprint density at radius 3 is 2.54 bits per heavy atom.